The Morgan fingerprint density at radius 1 is 1.19 bits per heavy atom. The van der Waals surface area contributed by atoms with E-state index >= 15 is 0 Å². The summed E-state index contributed by atoms with van der Waals surface area (Å²) in [5.74, 6) is 0.260. The molecule has 0 unspecified atom stereocenters. The Morgan fingerprint density at radius 2 is 1.69 bits per heavy atom. The van der Waals surface area contributed by atoms with Crippen molar-refractivity contribution in [2.24, 2.45) is 0 Å². The Balaban J connectivity index is 0.00000225. The van der Waals surface area contributed by atoms with Crippen LogP contribution in [0.2, 0.25) is 0 Å². The summed E-state index contributed by atoms with van der Waals surface area (Å²) in [4.78, 5) is 10.3. The summed E-state index contributed by atoms with van der Waals surface area (Å²) in [6.45, 7) is 0. The number of hydrogen-bond acceptors (Lipinski definition) is 3. The normalized spacial score (nSPS) is 9.62. The molecule has 0 fully saturated rings. The summed E-state index contributed by atoms with van der Waals surface area (Å²) in [5.41, 5.74) is 0.716. The highest BCUT2D eigenvalue weighted by Gasteiger charge is 1.99. The standard InChI is InChI=1S/C11H12O4.ClH/c1-14-9-5-8(3-4-11(12)13)6-10(7-9)15-2;/h3-7H,1-2H3,(H,12,13);1H. The Morgan fingerprint density at radius 3 is 2.06 bits per heavy atom. The third kappa shape index (κ3) is 4.23. The first kappa shape index (κ1) is 14.3. The molecule has 0 heterocycles. The van der Waals surface area contributed by atoms with Gasteiger partial charge in [0.2, 0.25) is 0 Å². The largest absolute Gasteiger partial charge is 0.497 e. The van der Waals surface area contributed by atoms with Gasteiger partial charge in [-0.25, -0.2) is 4.79 Å². The maximum absolute atomic E-state index is 10.3. The van der Waals surface area contributed by atoms with E-state index in [0.717, 1.165) is 6.08 Å². The number of rotatable bonds is 4. The fourth-order valence-corrected chi connectivity index (χ4v) is 1.09. The molecule has 0 aliphatic heterocycles. The molecule has 0 aliphatic carbocycles. The topological polar surface area (TPSA) is 55.8 Å². The molecule has 0 saturated carbocycles. The minimum Gasteiger partial charge on any atom is -0.497 e. The highest BCUT2D eigenvalue weighted by Crippen LogP contribution is 2.23. The quantitative estimate of drug-likeness (QED) is 0.826. The molecule has 0 amide bonds. The molecule has 1 N–H and O–H groups in total. The van der Waals surface area contributed by atoms with Gasteiger partial charge in [0.1, 0.15) is 11.5 Å². The lowest BCUT2D eigenvalue weighted by Crippen LogP contribution is -1.89. The van der Waals surface area contributed by atoms with Gasteiger partial charge >= 0.3 is 5.97 Å². The van der Waals surface area contributed by atoms with Gasteiger partial charge in [0.25, 0.3) is 0 Å². The molecule has 0 atom stereocenters. The Kier molecular flexibility index (Phi) is 6.03. The van der Waals surface area contributed by atoms with E-state index in [1.807, 2.05) is 0 Å². The van der Waals surface area contributed by atoms with Crippen LogP contribution in [0.4, 0.5) is 0 Å². The number of carboxylic acid groups (broad SMARTS) is 1. The third-order valence-electron chi connectivity index (χ3n) is 1.79. The smallest absolute Gasteiger partial charge is 0.328 e. The highest BCUT2D eigenvalue weighted by molar-refractivity contribution is 5.85. The van der Waals surface area contributed by atoms with Gasteiger partial charge in [-0.15, -0.1) is 12.4 Å². The number of benzene rings is 1. The molecule has 1 rings (SSSR count). The lowest BCUT2D eigenvalue weighted by atomic mass is 10.2. The molecule has 4 nitrogen and oxygen atoms in total. The van der Waals surface area contributed by atoms with Gasteiger partial charge in [0, 0.05) is 12.1 Å². The van der Waals surface area contributed by atoms with Crippen molar-refractivity contribution in [2.45, 2.75) is 0 Å². The lowest BCUT2D eigenvalue weighted by molar-refractivity contribution is -0.131. The summed E-state index contributed by atoms with van der Waals surface area (Å²) in [6, 6.07) is 5.17. The Hall–Kier alpha value is -1.68. The van der Waals surface area contributed by atoms with Gasteiger partial charge in [-0.2, -0.15) is 0 Å². The average molecular weight is 245 g/mol. The average Bonchev–Trinajstić information content (AvgIpc) is 2.25. The van der Waals surface area contributed by atoms with Gasteiger partial charge in [-0.05, 0) is 23.8 Å². The van der Waals surface area contributed by atoms with Crippen LogP contribution in [0.25, 0.3) is 6.08 Å². The third-order valence-corrected chi connectivity index (χ3v) is 1.79. The summed E-state index contributed by atoms with van der Waals surface area (Å²) in [7, 11) is 3.08. The fraction of sp³-hybridized carbons (Fsp3) is 0.182. The first-order valence-electron chi connectivity index (χ1n) is 4.30. The zero-order chi connectivity index (χ0) is 11.3. The zero-order valence-corrected chi connectivity index (χ0v) is 9.78. The molecule has 5 heteroatoms. The van der Waals surface area contributed by atoms with E-state index in [-0.39, 0.29) is 12.4 Å². The molecule has 0 saturated heterocycles. The van der Waals surface area contributed by atoms with E-state index in [4.69, 9.17) is 14.6 Å². The predicted octanol–water partition coefficient (Wildman–Crippen LogP) is 2.22. The first-order chi connectivity index (χ1) is 7.15. The van der Waals surface area contributed by atoms with E-state index < -0.39 is 5.97 Å². The van der Waals surface area contributed by atoms with Gasteiger partial charge in [0.05, 0.1) is 14.2 Å². The Bertz CT molecular complexity index is 365. The summed E-state index contributed by atoms with van der Waals surface area (Å²) in [6.07, 6.45) is 2.54. The van der Waals surface area contributed by atoms with E-state index in [1.54, 1.807) is 32.4 Å². The number of ether oxygens (including phenoxy) is 2. The van der Waals surface area contributed by atoms with Crippen LogP contribution in [-0.4, -0.2) is 25.3 Å². The van der Waals surface area contributed by atoms with Crippen molar-refractivity contribution in [2.75, 3.05) is 14.2 Å². The minimum atomic E-state index is -0.989. The second-order valence-electron chi connectivity index (χ2n) is 2.82. The Labute approximate surface area is 99.9 Å². The molecule has 0 spiro atoms. The van der Waals surface area contributed by atoms with E-state index in [1.165, 1.54) is 6.08 Å². The van der Waals surface area contributed by atoms with E-state index in [2.05, 4.69) is 0 Å². The number of hydrogen-bond donors (Lipinski definition) is 1. The van der Waals surface area contributed by atoms with Gasteiger partial charge in [0.15, 0.2) is 0 Å². The molecule has 0 aromatic heterocycles. The van der Waals surface area contributed by atoms with Crippen LogP contribution in [0.1, 0.15) is 5.56 Å². The van der Waals surface area contributed by atoms with E-state index in [0.29, 0.717) is 17.1 Å². The van der Waals surface area contributed by atoms with Crippen LogP contribution in [-0.2, 0) is 4.79 Å². The van der Waals surface area contributed by atoms with Crippen LogP contribution >= 0.6 is 12.4 Å². The van der Waals surface area contributed by atoms with Gasteiger partial charge < -0.3 is 14.6 Å². The fourth-order valence-electron chi connectivity index (χ4n) is 1.09. The molecular weight excluding hydrogens is 232 g/mol. The van der Waals surface area contributed by atoms with Crippen molar-refractivity contribution in [3.8, 4) is 11.5 Å². The van der Waals surface area contributed by atoms with Gasteiger partial charge in [-0.3, -0.25) is 0 Å². The molecule has 0 radical (unpaired) electrons. The monoisotopic (exact) mass is 244 g/mol. The minimum absolute atomic E-state index is 0. The molecule has 1 aromatic carbocycles. The van der Waals surface area contributed by atoms with Crippen LogP contribution < -0.4 is 9.47 Å². The number of carbonyl (C=O) groups is 1. The molecule has 16 heavy (non-hydrogen) atoms. The number of halogens is 1. The van der Waals surface area contributed by atoms with Crippen molar-refractivity contribution in [3.05, 3.63) is 29.8 Å². The van der Waals surface area contributed by atoms with Crippen molar-refractivity contribution < 1.29 is 19.4 Å². The van der Waals surface area contributed by atoms with Gasteiger partial charge in [-0.1, -0.05) is 0 Å². The summed E-state index contributed by atoms with van der Waals surface area (Å²) >= 11 is 0. The molecule has 1 aromatic rings. The molecule has 0 bridgehead atoms. The molecular formula is C11H13ClO4. The summed E-state index contributed by atoms with van der Waals surface area (Å²) in [5, 5.41) is 8.48. The maximum atomic E-state index is 10.3. The van der Waals surface area contributed by atoms with Crippen LogP contribution in [0.3, 0.4) is 0 Å². The molecule has 88 valence electrons. The number of methoxy groups -OCH3 is 2. The lowest BCUT2D eigenvalue weighted by Gasteiger charge is -2.05. The molecule has 0 aliphatic rings. The first-order valence-corrected chi connectivity index (χ1v) is 4.30. The van der Waals surface area contributed by atoms with Crippen molar-refractivity contribution in [3.63, 3.8) is 0 Å². The SMILES string of the molecule is COc1cc(C=CC(=O)O)cc(OC)c1.Cl. The van der Waals surface area contributed by atoms with E-state index in [9.17, 15) is 4.79 Å². The maximum Gasteiger partial charge on any atom is 0.328 e. The zero-order valence-electron chi connectivity index (χ0n) is 8.97. The number of aliphatic carboxylic acids is 1. The van der Waals surface area contributed by atoms with Crippen molar-refractivity contribution in [1.29, 1.82) is 0 Å². The van der Waals surface area contributed by atoms with Crippen LogP contribution in [0, 0.1) is 0 Å². The predicted molar refractivity (Wildman–Crippen MR) is 63.5 cm³/mol. The van der Waals surface area contributed by atoms with Crippen LogP contribution in [0.15, 0.2) is 24.3 Å². The highest BCUT2D eigenvalue weighted by atomic mass is 35.5. The van der Waals surface area contributed by atoms with Crippen molar-refractivity contribution >= 4 is 24.5 Å². The second kappa shape index (κ2) is 6.74. The number of carboxylic acids is 1. The van der Waals surface area contributed by atoms with Crippen LogP contribution in [0.5, 0.6) is 11.5 Å². The second-order valence-corrected chi connectivity index (χ2v) is 2.82. The summed E-state index contributed by atoms with van der Waals surface area (Å²) < 4.78 is 10.1. The van der Waals surface area contributed by atoms with Crippen molar-refractivity contribution in [1.82, 2.24) is 0 Å².